The highest BCUT2D eigenvalue weighted by atomic mass is 19.1. The third kappa shape index (κ3) is 3.76. The molecule has 2 N–H and O–H groups in total. The van der Waals surface area contributed by atoms with Crippen molar-refractivity contribution in [2.24, 2.45) is 5.73 Å². The van der Waals surface area contributed by atoms with Gasteiger partial charge in [-0.3, -0.25) is 4.90 Å². The lowest BCUT2D eigenvalue weighted by Gasteiger charge is -2.42. The average molecular weight is 284 g/mol. The van der Waals surface area contributed by atoms with E-state index >= 15 is 0 Å². The van der Waals surface area contributed by atoms with Crippen LogP contribution in [0.5, 0.6) is 0 Å². The van der Waals surface area contributed by atoms with Gasteiger partial charge in [0.15, 0.2) is 0 Å². The Kier molecular flexibility index (Phi) is 6.56. The van der Waals surface area contributed by atoms with Crippen LogP contribution in [-0.2, 0) is 6.54 Å². The molecule has 0 aliphatic heterocycles. The molecule has 0 fully saturated rings. The maximum absolute atomic E-state index is 13.8. The van der Waals surface area contributed by atoms with E-state index in [1.54, 1.807) is 0 Å². The lowest BCUT2D eigenvalue weighted by atomic mass is 9.89. The molecule has 0 aromatic heterocycles. The van der Waals surface area contributed by atoms with E-state index in [0.29, 0.717) is 18.7 Å². The van der Waals surface area contributed by atoms with Crippen LogP contribution in [0.15, 0.2) is 18.2 Å². The largest absolute Gasteiger partial charge is 0.329 e. The second kappa shape index (κ2) is 7.70. The van der Waals surface area contributed by atoms with Gasteiger partial charge in [0.2, 0.25) is 0 Å². The molecule has 0 unspecified atom stereocenters. The number of nitrogens with zero attached hydrogens (tertiary/aromatic N) is 1. The molecule has 20 heavy (non-hydrogen) atoms. The van der Waals surface area contributed by atoms with Gasteiger partial charge in [-0.25, -0.2) is 8.78 Å². The number of hydrogen-bond donors (Lipinski definition) is 1. The molecule has 2 nitrogen and oxygen atoms in total. The molecule has 0 heterocycles. The van der Waals surface area contributed by atoms with Gasteiger partial charge in [-0.1, -0.05) is 20.8 Å². The molecule has 4 heteroatoms. The number of rotatable bonds is 8. The summed E-state index contributed by atoms with van der Waals surface area (Å²) in [5.74, 6) is -0.755. The summed E-state index contributed by atoms with van der Waals surface area (Å²) >= 11 is 0. The average Bonchev–Trinajstić information content (AvgIpc) is 2.45. The van der Waals surface area contributed by atoms with E-state index in [0.717, 1.165) is 31.9 Å². The zero-order chi connectivity index (χ0) is 15.2. The van der Waals surface area contributed by atoms with Gasteiger partial charge in [-0.15, -0.1) is 0 Å². The molecule has 1 rings (SSSR count). The number of benzene rings is 1. The van der Waals surface area contributed by atoms with Gasteiger partial charge in [-0.05, 0) is 44.0 Å². The third-order valence-corrected chi connectivity index (χ3v) is 4.23. The first kappa shape index (κ1) is 17.1. The van der Waals surface area contributed by atoms with Gasteiger partial charge in [0.1, 0.15) is 11.6 Å². The fourth-order valence-electron chi connectivity index (χ4n) is 2.74. The van der Waals surface area contributed by atoms with Crippen molar-refractivity contribution in [3.63, 3.8) is 0 Å². The minimum Gasteiger partial charge on any atom is -0.329 e. The van der Waals surface area contributed by atoms with Gasteiger partial charge >= 0.3 is 0 Å². The summed E-state index contributed by atoms with van der Waals surface area (Å²) in [6.07, 6.45) is 2.76. The van der Waals surface area contributed by atoms with Crippen molar-refractivity contribution in [1.29, 1.82) is 0 Å². The van der Waals surface area contributed by atoms with Gasteiger partial charge in [0.05, 0.1) is 0 Å². The van der Waals surface area contributed by atoms with Crippen molar-refractivity contribution in [2.75, 3.05) is 13.1 Å². The third-order valence-electron chi connectivity index (χ3n) is 4.23. The maximum atomic E-state index is 13.8. The van der Waals surface area contributed by atoms with Crippen molar-refractivity contribution in [2.45, 2.75) is 52.1 Å². The molecule has 114 valence electrons. The molecule has 0 bridgehead atoms. The summed E-state index contributed by atoms with van der Waals surface area (Å²) in [5, 5.41) is 0. The lowest BCUT2D eigenvalue weighted by Crippen LogP contribution is -2.53. The summed E-state index contributed by atoms with van der Waals surface area (Å²) in [6, 6.07) is 3.63. The highest BCUT2D eigenvalue weighted by Gasteiger charge is 2.31. The Morgan fingerprint density at radius 1 is 1.15 bits per heavy atom. The maximum Gasteiger partial charge on any atom is 0.127 e. The zero-order valence-electron chi connectivity index (χ0n) is 12.8. The topological polar surface area (TPSA) is 29.3 Å². The Labute approximate surface area is 121 Å². The Morgan fingerprint density at radius 3 is 2.30 bits per heavy atom. The van der Waals surface area contributed by atoms with Gasteiger partial charge in [0.25, 0.3) is 0 Å². The van der Waals surface area contributed by atoms with Gasteiger partial charge < -0.3 is 5.73 Å². The van der Waals surface area contributed by atoms with Crippen LogP contribution < -0.4 is 5.73 Å². The quantitative estimate of drug-likeness (QED) is 0.789. The van der Waals surface area contributed by atoms with Crippen molar-refractivity contribution >= 4 is 0 Å². The van der Waals surface area contributed by atoms with E-state index in [1.807, 2.05) is 0 Å². The molecule has 0 saturated heterocycles. The summed E-state index contributed by atoms with van der Waals surface area (Å²) in [4.78, 5) is 2.20. The minimum absolute atomic E-state index is 0.144. The predicted molar refractivity (Wildman–Crippen MR) is 79.4 cm³/mol. The SMILES string of the molecule is CCCN(Cc1cc(F)ccc1F)C(CC)(CC)CN. The van der Waals surface area contributed by atoms with E-state index in [2.05, 4.69) is 25.7 Å². The zero-order valence-corrected chi connectivity index (χ0v) is 12.8. The second-order valence-electron chi connectivity index (χ2n) is 5.29. The van der Waals surface area contributed by atoms with Gasteiger partial charge in [0, 0.05) is 24.2 Å². The fraction of sp³-hybridized carbons (Fsp3) is 0.625. The van der Waals surface area contributed by atoms with Crippen LogP contribution in [0.1, 0.15) is 45.6 Å². The highest BCUT2D eigenvalue weighted by molar-refractivity contribution is 5.19. The van der Waals surface area contributed by atoms with Crippen molar-refractivity contribution in [1.82, 2.24) is 4.90 Å². The molecule has 0 aliphatic carbocycles. The first-order valence-electron chi connectivity index (χ1n) is 7.42. The summed E-state index contributed by atoms with van der Waals surface area (Å²) in [5.41, 5.74) is 6.23. The van der Waals surface area contributed by atoms with Crippen LogP contribution in [0.2, 0.25) is 0 Å². The summed E-state index contributed by atoms with van der Waals surface area (Å²) < 4.78 is 27.2. The van der Waals surface area contributed by atoms with Crippen LogP contribution in [0, 0.1) is 11.6 Å². The van der Waals surface area contributed by atoms with Crippen LogP contribution in [-0.4, -0.2) is 23.5 Å². The molecule has 1 aromatic rings. The van der Waals surface area contributed by atoms with Gasteiger partial charge in [-0.2, -0.15) is 0 Å². The number of halogens is 2. The Balaban J connectivity index is 3.05. The van der Waals surface area contributed by atoms with E-state index in [1.165, 1.54) is 12.1 Å². The monoisotopic (exact) mass is 284 g/mol. The highest BCUT2D eigenvalue weighted by Crippen LogP contribution is 2.26. The smallest absolute Gasteiger partial charge is 0.127 e. The molecule has 0 aliphatic rings. The van der Waals surface area contributed by atoms with Crippen LogP contribution >= 0.6 is 0 Å². The Morgan fingerprint density at radius 2 is 1.80 bits per heavy atom. The van der Waals surface area contributed by atoms with E-state index < -0.39 is 5.82 Å². The number of hydrogen-bond acceptors (Lipinski definition) is 2. The van der Waals surface area contributed by atoms with E-state index in [9.17, 15) is 8.78 Å². The Hall–Kier alpha value is -1.00. The Bertz CT molecular complexity index is 409. The van der Waals surface area contributed by atoms with E-state index in [4.69, 9.17) is 5.73 Å². The molecule has 0 spiro atoms. The summed E-state index contributed by atoms with van der Waals surface area (Å²) in [7, 11) is 0. The van der Waals surface area contributed by atoms with Crippen molar-refractivity contribution < 1.29 is 8.78 Å². The first-order valence-corrected chi connectivity index (χ1v) is 7.42. The normalized spacial score (nSPS) is 12.2. The molecule has 0 atom stereocenters. The van der Waals surface area contributed by atoms with E-state index in [-0.39, 0.29) is 11.4 Å². The standard InChI is InChI=1S/C16H26F2N2/c1-4-9-20(16(5-2,6-3)12-19)11-13-10-14(17)7-8-15(13)18/h7-8,10H,4-6,9,11-12,19H2,1-3H3. The molecule has 0 saturated carbocycles. The molecule has 0 radical (unpaired) electrons. The predicted octanol–water partition coefficient (Wildman–Crippen LogP) is 3.69. The van der Waals surface area contributed by atoms with Crippen LogP contribution in [0.25, 0.3) is 0 Å². The number of nitrogens with two attached hydrogens (primary N) is 1. The molecular weight excluding hydrogens is 258 g/mol. The van der Waals surface area contributed by atoms with Crippen LogP contribution in [0.3, 0.4) is 0 Å². The molecular formula is C16H26F2N2. The van der Waals surface area contributed by atoms with Crippen LogP contribution in [0.4, 0.5) is 8.78 Å². The first-order chi connectivity index (χ1) is 9.52. The van der Waals surface area contributed by atoms with Crippen molar-refractivity contribution in [3.05, 3.63) is 35.4 Å². The molecule has 1 aromatic carbocycles. The lowest BCUT2D eigenvalue weighted by molar-refractivity contribution is 0.0754. The van der Waals surface area contributed by atoms with Crippen molar-refractivity contribution in [3.8, 4) is 0 Å². The second-order valence-corrected chi connectivity index (χ2v) is 5.29. The summed E-state index contributed by atoms with van der Waals surface area (Å²) in [6.45, 7) is 8.03. The minimum atomic E-state index is -0.399. The molecule has 0 amide bonds. The fourth-order valence-corrected chi connectivity index (χ4v) is 2.74.